The number of carbonyl (C=O) groups excluding carboxylic acids is 2. The third-order valence-electron chi connectivity index (χ3n) is 5.31. The number of carbonyl (C=O) groups is 2. The molecule has 2 atom stereocenters. The predicted molar refractivity (Wildman–Crippen MR) is 128 cm³/mol. The lowest BCUT2D eigenvalue weighted by molar-refractivity contribution is -0.141. The van der Waals surface area contributed by atoms with Gasteiger partial charge in [0.1, 0.15) is 6.61 Å². The molecule has 1 aromatic carbocycles. The molecule has 0 saturated carbocycles. The number of ether oxygens (including phenoxy) is 4. The van der Waals surface area contributed by atoms with Crippen LogP contribution in [0.2, 0.25) is 0 Å². The van der Waals surface area contributed by atoms with Gasteiger partial charge in [-0.1, -0.05) is 31.7 Å². The average molecular weight is 477 g/mol. The van der Waals surface area contributed by atoms with Gasteiger partial charge in [0.2, 0.25) is 5.91 Å². The molecular weight excluding hydrogens is 444 g/mol. The second kappa shape index (κ2) is 11.6. The summed E-state index contributed by atoms with van der Waals surface area (Å²) in [6, 6.07) is 4.88. The van der Waals surface area contributed by atoms with Crippen molar-refractivity contribution in [3.8, 4) is 11.5 Å². The highest BCUT2D eigenvalue weighted by atomic mass is 32.2. The zero-order valence-corrected chi connectivity index (χ0v) is 20.7. The van der Waals surface area contributed by atoms with Gasteiger partial charge < -0.3 is 18.9 Å². The van der Waals surface area contributed by atoms with E-state index in [-0.39, 0.29) is 24.4 Å². The molecule has 3 rings (SSSR count). The number of nitrogens with zero attached hydrogens (tertiary/aromatic N) is 2. The second-order valence-electron chi connectivity index (χ2n) is 7.64. The van der Waals surface area contributed by atoms with E-state index < -0.39 is 12.0 Å². The zero-order valence-electron chi connectivity index (χ0n) is 19.9. The predicted octanol–water partition coefficient (Wildman–Crippen LogP) is 4.10. The molecule has 180 valence electrons. The normalized spacial score (nSPS) is 20.0. The lowest BCUT2D eigenvalue weighted by Crippen LogP contribution is -2.41. The smallest absolute Gasteiger partial charge is 0.338 e. The van der Waals surface area contributed by atoms with E-state index >= 15 is 0 Å². The maximum Gasteiger partial charge on any atom is 0.338 e. The van der Waals surface area contributed by atoms with Gasteiger partial charge in [0.15, 0.2) is 16.7 Å². The van der Waals surface area contributed by atoms with E-state index in [0.717, 1.165) is 12.0 Å². The Morgan fingerprint density at radius 1 is 1.12 bits per heavy atom. The van der Waals surface area contributed by atoms with Gasteiger partial charge in [-0.05, 0) is 44.4 Å². The van der Waals surface area contributed by atoms with Crippen molar-refractivity contribution in [3.05, 3.63) is 35.0 Å². The monoisotopic (exact) mass is 476 g/mol. The first-order chi connectivity index (χ1) is 16.0. The number of aliphatic imine (C=N–C) groups is 1. The van der Waals surface area contributed by atoms with Crippen LogP contribution in [0.25, 0.3) is 0 Å². The first-order valence-electron chi connectivity index (χ1n) is 11.3. The number of esters is 1. The molecule has 2 unspecified atom stereocenters. The molecule has 9 heteroatoms. The molecular formula is C24H32N2O6S. The first-order valence-corrected chi connectivity index (χ1v) is 12.2. The molecule has 1 amide bonds. The van der Waals surface area contributed by atoms with Crippen LogP contribution in [0, 0.1) is 0 Å². The summed E-state index contributed by atoms with van der Waals surface area (Å²) in [5, 5.41) is 0.369. The molecule has 0 radical (unpaired) electrons. The van der Waals surface area contributed by atoms with E-state index in [2.05, 4.69) is 4.99 Å². The van der Waals surface area contributed by atoms with Gasteiger partial charge in [-0.25, -0.2) is 9.79 Å². The lowest BCUT2D eigenvalue weighted by atomic mass is 9.93. The van der Waals surface area contributed by atoms with Gasteiger partial charge in [-0.2, -0.15) is 0 Å². The van der Waals surface area contributed by atoms with Gasteiger partial charge in [0.25, 0.3) is 0 Å². The average Bonchev–Trinajstić information content (AvgIpc) is 3.12. The van der Waals surface area contributed by atoms with Crippen LogP contribution in [-0.2, 0) is 19.1 Å². The fourth-order valence-electron chi connectivity index (χ4n) is 3.76. The SMILES string of the molecule is CCCOc1ccc(C2C(C(=O)OCCOC)=C(C)N=C3SC(CC)C(=O)N32)cc1OCC. The molecule has 0 aromatic heterocycles. The molecule has 2 heterocycles. The van der Waals surface area contributed by atoms with Crippen molar-refractivity contribution in [3.63, 3.8) is 0 Å². The van der Waals surface area contributed by atoms with Crippen molar-refractivity contribution in [1.29, 1.82) is 0 Å². The minimum atomic E-state index is -0.663. The van der Waals surface area contributed by atoms with Crippen LogP contribution in [-0.4, -0.2) is 60.7 Å². The fraction of sp³-hybridized carbons (Fsp3) is 0.542. The Morgan fingerprint density at radius 2 is 1.91 bits per heavy atom. The minimum absolute atomic E-state index is 0.0646. The van der Waals surface area contributed by atoms with Crippen LogP contribution < -0.4 is 9.47 Å². The topological polar surface area (TPSA) is 86.7 Å². The highest BCUT2D eigenvalue weighted by molar-refractivity contribution is 8.15. The number of rotatable bonds is 11. The Morgan fingerprint density at radius 3 is 2.58 bits per heavy atom. The van der Waals surface area contributed by atoms with E-state index in [1.165, 1.54) is 11.8 Å². The molecule has 0 spiro atoms. The third kappa shape index (κ3) is 5.35. The highest BCUT2D eigenvalue weighted by Gasteiger charge is 2.47. The summed E-state index contributed by atoms with van der Waals surface area (Å²) in [5.41, 5.74) is 1.61. The van der Waals surface area contributed by atoms with E-state index in [4.69, 9.17) is 18.9 Å². The summed E-state index contributed by atoms with van der Waals surface area (Å²) in [6.07, 6.45) is 1.54. The standard InChI is InChI=1S/C24H32N2O6S/c1-6-11-31-17-10-9-16(14-18(17)30-8-3)21-20(23(28)32-13-12-29-5)15(4)25-24-26(21)22(27)19(7-2)33-24/h9-10,14,19,21H,6-8,11-13H2,1-5H3. The van der Waals surface area contributed by atoms with Crippen molar-refractivity contribution in [2.75, 3.05) is 33.5 Å². The quantitative estimate of drug-likeness (QED) is 0.351. The molecule has 1 fully saturated rings. The van der Waals surface area contributed by atoms with Gasteiger partial charge in [0, 0.05) is 7.11 Å². The third-order valence-corrected chi connectivity index (χ3v) is 6.63. The van der Waals surface area contributed by atoms with Gasteiger partial charge >= 0.3 is 5.97 Å². The van der Waals surface area contributed by atoms with E-state index in [1.54, 1.807) is 18.9 Å². The molecule has 2 aliphatic heterocycles. The summed E-state index contributed by atoms with van der Waals surface area (Å²) >= 11 is 1.43. The number of amides is 1. The molecule has 0 aliphatic carbocycles. The molecule has 8 nitrogen and oxygen atoms in total. The first kappa shape index (κ1) is 25.1. The number of hydrogen-bond donors (Lipinski definition) is 0. The van der Waals surface area contributed by atoms with Crippen LogP contribution in [0.15, 0.2) is 34.5 Å². The van der Waals surface area contributed by atoms with E-state index in [9.17, 15) is 9.59 Å². The van der Waals surface area contributed by atoms with Crippen molar-refractivity contribution < 1.29 is 28.5 Å². The number of allylic oxidation sites excluding steroid dienone is 1. The largest absolute Gasteiger partial charge is 0.490 e. The van der Waals surface area contributed by atoms with E-state index in [1.807, 2.05) is 39.0 Å². The molecule has 0 N–H and O–H groups in total. The van der Waals surface area contributed by atoms with Crippen LogP contribution >= 0.6 is 11.8 Å². The van der Waals surface area contributed by atoms with Crippen LogP contribution in [0.3, 0.4) is 0 Å². The number of methoxy groups -OCH3 is 1. The minimum Gasteiger partial charge on any atom is -0.490 e. The van der Waals surface area contributed by atoms with Gasteiger partial charge in [-0.3, -0.25) is 9.69 Å². The zero-order chi connectivity index (χ0) is 24.0. The van der Waals surface area contributed by atoms with Crippen molar-refractivity contribution >= 4 is 28.8 Å². The van der Waals surface area contributed by atoms with Crippen molar-refractivity contribution in [2.24, 2.45) is 4.99 Å². The van der Waals surface area contributed by atoms with Gasteiger partial charge in [-0.15, -0.1) is 0 Å². The summed E-state index contributed by atoms with van der Waals surface area (Å²) in [5.74, 6) is 0.624. The lowest BCUT2D eigenvalue weighted by Gasteiger charge is -2.33. The summed E-state index contributed by atoms with van der Waals surface area (Å²) in [4.78, 5) is 32.6. The summed E-state index contributed by atoms with van der Waals surface area (Å²) < 4.78 is 22.1. The number of benzene rings is 1. The van der Waals surface area contributed by atoms with Gasteiger partial charge in [0.05, 0.1) is 42.4 Å². The Hall–Kier alpha value is -2.52. The van der Waals surface area contributed by atoms with Crippen LogP contribution in [0.5, 0.6) is 11.5 Å². The second-order valence-corrected chi connectivity index (χ2v) is 8.81. The maximum absolute atomic E-state index is 13.3. The molecule has 1 aromatic rings. The van der Waals surface area contributed by atoms with Crippen LogP contribution in [0.4, 0.5) is 0 Å². The Bertz CT molecular complexity index is 945. The number of amidine groups is 1. The van der Waals surface area contributed by atoms with Crippen molar-refractivity contribution in [1.82, 2.24) is 4.90 Å². The van der Waals surface area contributed by atoms with Crippen LogP contribution in [0.1, 0.15) is 52.1 Å². The Kier molecular flexibility index (Phi) is 8.80. The molecule has 1 saturated heterocycles. The Labute approximate surface area is 199 Å². The molecule has 33 heavy (non-hydrogen) atoms. The number of thioether (sulfide) groups is 1. The maximum atomic E-state index is 13.3. The van der Waals surface area contributed by atoms with Crippen molar-refractivity contribution in [2.45, 2.75) is 51.8 Å². The van der Waals surface area contributed by atoms with E-state index in [0.29, 0.717) is 47.6 Å². The summed E-state index contributed by atoms with van der Waals surface area (Å²) in [6.45, 7) is 9.10. The highest BCUT2D eigenvalue weighted by Crippen LogP contribution is 2.45. The molecule has 0 bridgehead atoms. The summed E-state index contributed by atoms with van der Waals surface area (Å²) in [7, 11) is 1.54. The fourth-order valence-corrected chi connectivity index (χ4v) is 4.89. The number of hydrogen-bond acceptors (Lipinski definition) is 8. The number of fused-ring (bicyclic) bond motifs is 1. The molecule has 2 aliphatic rings. The Balaban J connectivity index is 2.07.